The number of thioether (sulfide) groups is 1. The van der Waals surface area contributed by atoms with Crippen LogP contribution in [0.15, 0.2) is 76.5 Å². The maximum absolute atomic E-state index is 14.1. The van der Waals surface area contributed by atoms with Crippen molar-refractivity contribution in [2.75, 3.05) is 62.7 Å². The molecule has 5 rings (SSSR count). The molecule has 3 aromatic rings. The highest BCUT2D eigenvalue weighted by Gasteiger charge is 2.30. The molecule has 0 aromatic heterocycles. The first-order valence-corrected chi connectivity index (χ1v) is 14.7. The van der Waals surface area contributed by atoms with Crippen LogP contribution in [0.25, 0.3) is 6.08 Å². The third-order valence-electron chi connectivity index (χ3n) is 7.39. The number of anilines is 2. The third kappa shape index (κ3) is 6.92. The zero-order chi connectivity index (χ0) is 28.8. The van der Waals surface area contributed by atoms with Crippen molar-refractivity contribution in [1.29, 1.82) is 0 Å². The number of para-hydroxylation sites is 2. The molecule has 41 heavy (non-hydrogen) atoms. The lowest BCUT2D eigenvalue weighted by atomic mass is 10.1. The number of fused-ring (bicyclic) bond motifs is 1. The summed E-state index contributed by atoms with van der Waals surface area (Å²) in [5.74, 6) is 0.230. The van der Waals surface area contributed by atoms with E-state index >= 15 is 0 Å². The maximum Gasteiger partial charge on any atom is 0.265 e. The van der Waals surface area contributed by atoms with Gasteiger partial charge in [0, 0.05) is 37.6 Å². The molecule has 0 bridgehead atoms. The quantitative estimate of drug-likeness (QED) is 0.288. The number of aryl methyl sites for hydroxylation is 1. The predicted octanol–water partition coefficient (Wildman–Crippen LogP) is 4.95. The van der Waals surface area contributed by atoms with Crippen molar-refractivity contribution in [3.05, 3.63) is 88.6 Å². The topological polar surface area (TPSA) is 65.1 Å². The maximum atomic E-state index is 14.1. The molecule has 0 unspecified atom stereocenters. The Morgan fingerprint density at radius 1 is 1.02 bits per heavy atom. The Hall–Kier alpha value is -3.82. The second-order valence-corrected chi connectivity index (χ2v) is 11.3. The molecule has 1 fully saturated rings. The minimum Gasteiger partial charge on any atom is -0.496 e. The fraction of sp³-hybridized carbons (Fsp3) is 0.312. The number of nitrogens with zero attached hydrogens (tertiary/aromatic N) is 3. The van der Waals surface area contributed by atoms with Crippen molar-refractivity contribution in [2.24, 2.45) is 0 Å². The van der Waals surface area contributed by atoms with Gasteiger partial charge in [0.15, 0.2) is 0 Å². The van der Waals surface area contributed by atoms with Crippen LogP contribution in [0.5, 0.6) is 5.75 Å². The van der Waals surface area contributed by atoms with E-state index in [1.54, 1.807) is 18.1 Å². The van der Waals surface area contributed by atoms with Gasteiger partial charge in [0.2, 0.25) is 5.91 Å². The van der Waals surface area contributed by atoms with Crippen molar-refractivity contribution < 1.29 is 18.7 Å². The standard InChI is InChI=1S/C32H35FN4O3S/c1-23-20-24(12-13-28(23)40-2)21-30-32(39)37(27-10-5-6-11-29(27)41-30)22-31(38)34-14-7-15-35-16-18-36(19-17-35)26-9-4-3-8-25(26)33/h3-6,8-13,20-21H,7,14-19,22H2,1-2H3,(H,34,38)/b30-21+. The zero-order valence-electron chi connectivity index (χ0n) is 23.4. The van der Waals surface area contributed by atoms with Crippen molar-refractivity contribution in [2.45, 2.75) is 18.2 Å². The molecule has 3 aromatic carbocycles. The highest BCUT2D eigenvalue weighted by atomic mass is 32.2. The fourth-order valence-corrected chi connectivity index (χ4v) is 6.27. The molecule has 0 atom stereocenters. The molecule has 0 spiro atoms. The van der Waals surface area contributed by atoms with Crippen LogP contribution < -0.4 is 19.9 Å². The van der Waals surface area contributed by atoms with E-state index in [0.717, 1.165) is 66.6 Å². The van der Waals surface area contributed by atoms with Crippen LogP contribution in [-0.4, -0.2) is 69.6 Å². The number of hydrogen-bond acceptors (Lipinski definition) is 6. The van der Waals surface area contributed by atoms with Crippen LogP contribution in [0.3, 0.4) is 0 Å². The summed E-state index contributed by atoms with van der Waals surface area (Å²) in [5, 5.41) is 2.99. The Morgan fingerprint density at radius 2 is 1.76 bits per heavy atom. The Bertz CT molecular complexity index is 1440. The first-order valence-electron chi connectivity index (χ1n) is 13.9. The lowest BCUT2D eigenvalue weighted by molar-refractivity contribution is -0.122. The highest BCUT2D eigenvalue weighted by Crippen LogP contribution is 2.42. The molecule has 1 saturated heterocycles. The Morgan fingerprint density at radius 3 is 2.49 bits per heavy atom. The number of carbonyl (C=O) groups is 2. The number of piperazine rings is 1. The summed E-state index contributed by atoms with van der Waals surface area (Å²) in [6, 6.07) is 20.3. The van der Waals surface area contributed by atoms with Gasteiger partial charge in [-0.1, -0.05) is 42.1 Å². The average Bonchev–Trinajstić information content (AvgIpc) is 2.98. The third-order valence-corrected chi connectivity index (χ3v) is 8.47. The summed E-state index contributed by atoms with van der Waals surface area (Å²) in [5.41, 5.74) is 3.29. The summed E-state index contributed by atoms with van der Waals surface area (Å²) < 4.78 is 19.5. The number of ether oxygens (including phenoxy) is 1. The van der Waals surface area contributed by atoms with Crippen LogP contribution in [0, 0.1) is 12.7 Å². The average molecular weight is 575 g/mol. The molecule has 1 N–H and O–H groups in total. The van der Waals surface area contributed by atoms with Gasteiger partial charge in [0.25, 0.3) is 5.91 Å². The van der Waals surface area contributed by atoms with Gasteiger partial charge in [0.05, 0.1) is 23.4 Å². The molecule has 9 heteroatoms. The van der Waals surface area contributed by atoms with Crippen LogP contribution in [0.4, 0.5) is 15.8 Å². The molecule has 0 aliphatic carbocycles. The lowest BCUT2D eigenvalue weighted by Crippen LogP contribution is -2.47. The second kappa shape index (κ2) is 13.2. The van der Waals surface area contributed by atoms with E-state index in [1.165, 1.54) is 17.8 Å². The van der Waals surface area contributed by atoms with Crippen molar-refractivity contribution >= 4 is 41.0 Å². The zero-order valence-corrected chi connectivity index (χ0v) is 24.3. The van der Waals surface area contributed by atoms with Gasteiger partial charge in [-0.2, -0.15) is 0 Å². The van der Waals surface area contributed by atoms with Crippen LogP contribution in [0.2, 0.25) is 0 Å². The summed E-state index contributed by atoms with van der Waals surface area (Å²) in [4.78, 5) is 33.9. The molecule has 2 aliphatic heterocycles. The molecule has 7 nitrogen and oxygen atoms in total. The van der Waals surface area contributed by atoms with Gasteiger partial charge < -0.3 is 15.0 Å². The normalized spacial score (nSPS) is 16.6. The van der Waals surface area contributed by atoms with E-state index in [0.29, 0.717) is 17.1 Å². The summed E-state index contributed by atoms with van der Waals surface area (Å²) in [6.07, 6.45) is 2.67. The van der Waals surface area contributed by atoms with E-state index in [-0.39, 0.29) is 24.2 Å². The van der Waals surface area contributed by atoms with Crippen LogP contribution in [-0.2, 0) is 9.59 Å². The predicted molar refractivity (Wildman–Crippen MR) is 163 cm³/mol. The Kier molecular flexibility index (Phi) is 9.26. The number of benzene rings is 3. The van der Waals surface area contributed by atoms with Crippen molar-refractivity contribution in [3.63, 3.8) is 0 Å². The van der Waals surface area contributed by atoms with Gasteiger partial charge >= 0.3 is 0 Å². The minimum atomic E-state index is -0.191. The summed E-state index contributed by atoms with van der Waals surface area (Å²) >= 11 is 1.42. The van der Waals surface area contributed by atoms with E-state index in [4.69, 9.17) is 4.74 Å². The van der Waals surface area contributed by atoms with Gasteiger partial charge in [-0.3, -0.25) is 19.4 Å². The van der Waals surface area contributed by atoms with Gasteiger partial charge in [-0.05, 0) is 73.5 Å². The number of rotatable bonds is 9. The number of hydrogen-bond donors (Lipinski definition) is 1. The first kappa shape index (κ1) is 28.7. The van der Waals surface area contributed by atoms with E-state index in [2.05, 4.69) is 15.1 Å². The molecular weight excluding hydrogens is 539 g/mol. The minimum absolute atomic E-state index is 0.0449. The van der Waals surface area contributed by atoms with Gasteiger partial charge in [0.1, 0.15) is 18.1 Å². The number of carbonyl (C=O) groups excluding carboxylic acids is 2. The number of halogens is 1. The Balaban J connectivity index is 1.14. The van der Waals surface area contributed by atoms with Crippen LogP contribution in [0.1, 0.15) is 17.5 Å². The molecule has 2 aliphatic rings. The van der Waals surface area contributed by atoms with Crippen molar-refractivity contribution in [3.8, 4) is 5.75 Å². The second-order valence-electron chi connectivity index (χ2n) is 10.2. The molecule has 0 saturated carbocycles. The monoisotopic (exact) mass is 574 g/mol. The smallest absolute Gasteiger partial charge is 0.265 e. The molecule has 2 amide bonds. The van der Waals surface area contributed by atoms with E-state index < -0.39 is 0 Å². The van der Waals surface area contributed by atoms with Crippen molar-refractivity contribution in [1.82, 2.24) is 10.2 Å². The lowest BCUT2D eigenvalue weighted by Gasteiger charge is -2.36. The highest BCUT2D eigenvalue weighted by molar-refractivity contribution is 8.04. The summed E-state index contributed by atoms with van der Waals surface area (Å²) in [7, 11) is 1.64. The largest absolute Gasteiger partial charge is 0.496 e. The van der Waals surface area contributed by atoms with Gasteiger partial charge in [-0.25, -0.2) is 4.39 Å². The van der Waals surface area contributed by atoms with Crippen LogP contribution >= 0.6 is 11.8 Å². The molecule has 214 valence electrons. The number of amides is 2. The Labute approximate surface area is 245 Å². The van der Waals surface area contributed by atoms with E-state index in [9.17, 15) is 14.0 Å². The van der Waals surface area contributed by atoms with E-state index in [1.807, 2.05) is 67.6 Å². The summed E-state index contributed by atoms with van der Waals surface area (Å²) in [6.45, 7) is 6.54. The molecule has 2 heterocycles. The van der Waals surface area contributed by atoms with Gasteiger partial charge in [-0.15, -0.1) is 0 Å². The molecular formula is C32H35FN4O3S. The SMILES string of the molecule is COc1ccc(/C=C2/Sc3ccccc3N(CC(=O)NCCCN3CCN(c4ccccc4F)CC3)C2=O)cc1C. The number of methoxy groups -OCH3 is 1. The fourth-order valence-electron chi connectivity index (χ4n) is 5.21. The first-order chi connectivity index (χ1) is 19.9. The number of nitrogens with one attached hydrogen (secondary N) is 1. The molecule has 0 radical (unpaired) electrons.